The Kier molecular flexibility index (Phi) is 15.7. The highest BCUT2D eigenvalue weighted by Crippen LogP contribution is 2.13. The van der Waals surface area contributed by atoms with Gasteiger partial charge in [0.15, 0.2) is 0 Å². The van der Waals surface area contributed by atoms with Gasteiger partial charge in [-0.15, -0.1) is 0 Å². The lowest BCUT2D eigenvalue weighted by Crippen LogP contribution is -2.78. The van der Waals surface area contributed by atoms with Crippen LogP contribution < -0.4 is 26.3 Å². The Morgan fingerprint density at radius 3 is 2.16 bits per heavy atom. The predicted molar refractivity (Wildman–Crippen MR) is 155 cm³/mol. The second-order valence-electron chi connectivity index (χ2n) is 10.4. The number of aryl methyl sites for hydroxylation is 2. The molecule has 0 aliphatic rings. The molecule has 0 radical (unpaired) electrons. The molecule has 0 saturated heterocycles. The number of amides is 1. The zero-order chi connectivity index (χ0) is 27.6. The Labute approximate surface area is 225 Å². The molecule has 37 heavy (non-hydrogen) atoms. The van der Waals surface area contributed by atoms with Gasteiger partial charge in [-0.3, -0.25) is 21.3 Å². The fourth-order valence-electron chi connectivity index (χ4n) is 4.02. The number of guanidine groups is 1. The van der Waals surface area contributed by atoms with Gasteiger partial charge in [0.2, 0.25) is 12.2 Å². The lowest BCUT2D eigenvalue weighted by Gasteiger charge is -2.04. The van der Waals surface area contributed by atoms with E-state index in [9.17, 15) is 4.79 Å². The first-order valence-corrected chi connectivity index (χ1v) is 13.6. The SMILES string of the molecule is CC(C)=CCC/C(C)=C/CC/C(C)=C/CC/C(C)=C/C(=O)NCCc1c[n+](CCC[NH+]=C(N)N)cn1C. The molecule has 1 heterocycles. The number of allylic oxidation sites excluding steroid dienone is 7. The minimum absolute atomic E-state index is 0.0179. The van der Waals surface area contributed by atoms with E-state index in [1.54, 1.807) is 6.08 Å². The first kappa shape index (κ1) is 31.9. The number of carbonyl (C=O) groups excluding carboxylic acids is 1. The molecule has 7 heteroatoms. The van der Waals surface area contributed by atoms with Crippen LogP contribution in [0.5, 0.6) is 0 Å². The molecular formula is C30H52N6O+2. The molecule has 0 aliphatic carbocycles. The van der Waals surface area contributed by atoms with Gasteiger partial charge in [0.1, 0.15) is 11.9 Å². The molecule has 7 nitrogen and oxygen atoms in total. The Morgan fingerprint density at radius 2 is 1.57 bits per heavy atom. The molecule has 0 fully saturated rings. The monoisotopic (exact) mass is 512 g/mol. The van der Waals surface area contributed by atoms with Gasteiger partial charge in [-0.25, -0.2) is 9.13 Å². The van der Waals surface area contributed by atoms with Crippen molar-refractivity contribution in [2.45, 2.75) is 92.5 Å². The summed E-state index contributed by atoms with van der Waals surface area (Å²) >= 11 is 0. The first-order valence-electron chi connectivity index (χ1n) is 13.6. The van der Waals surface area contributed by atoms with Gasteiger partial charge in [0.05, 0.1) is 20.1 Å². The standard InChI is InChI=1S/C30H50N6O/c1-24(2)11-7-12-25(3)13-8-14-26(4)15-9-16-27(5)21-29(37)33-19-17-28-22-36(23-35(28)6)20-10-18-34-30(31)32/h11,13,15,21-23H,7-10,12,14,16-20H2,1-6H3,(H4-,31,32,33,34,37)/p+2/b25-13+,26-15+,27-21+. The minimum Gasteiger partial charge on any atom is -0.352 e. The molecule has 1 aromatic heterocycles. The molecule has 1 aromatic rings. The molecule has 0 saturated carbocycles. The van der Waals surface area contributed by atoms with Gasteiger partial charge in [-0.1, -0.05) is 40.5 Å². The number of nitrogens with two attached hydrogens (primary N) is 2. The van der Waals surface area contributed by atoms with Crippen molar-refractivity contribution in [3.63, 3.8) is 0 Å². The molecule has 206 valence electrons. The maximum absolute atomic E-state index is 12.3. The van der Waals surface area contributed by atoms with Crippen LogP contribution in [-0.2, 0) is 24.8 Å². The van der Waals surface area contributed by atoms with Gasteiger partial charge < -0.3 is 5.32 Å². The van der Waals surface area contributed by atoms with E-state index in [0.717, 1.165) is 70.0 Å². The number of imidazole rings is 1. The van der Waals surface area contributed by atoms with Gasteiger partial charge in [0, 0.05) is 25.5 Å². The quantitative estimate of drug-likeness (QED) is 0.0644. The van der Waals surface area contributed by atoms with Crippen LogP contribution in [0.1, 0.15) is 85.3 Å². The summed E-state index contributed by atoms with van der Waals surface area (Å²) in [5.41, 5.74) is 17.4. The summed E-state index contributed by atoms with van der Waals surface area (Å²) < 4.78 is 4.25. The van der Waals surface area contributed by atoms with Crippen molar-refractivity contribution >= 4 is 11.9 Å². The van der Waals surface area contributed by atoms with E-state index in [4.69, 9.17) is 11.5 Å². The van der Waals surface area contributed by atoms with Crippen molar-refractivity contribution in [1.29, 1.82) is 0 Å². The highest BCUT2D eigenvalue weighted by atomic mass is 16.1. The predicted octanol–water partition coefficient (Wildman–Crippen LogP) is 2.86. The maximum Gasteiger partial charge on any atom is 0.338 e. The second kappa shape index (κ2) is 18.2. The third-order valence-corrected chi connectivity index (χ3v) is 6.22. The van der Waals surface area contributed by atoms with E-state index in [0.29, 0.717) is 6.54 Å². The molecule has 0 atom stereocenters. The van der Waals surface area contributed by atoms with Crippen molar-refractivity contribution in [2.75, 3.05) is 13.1 Å². The number of nitrogens with zero attached hydrogens (tertiary/aromatic N) is 2. The van der Waals surface area contributed by atoms with E-state index in [1.807, 2.05) is 14.0 Å². The molecule has 0 unspecified atom stereocenters. The summed E-state index contributed by atoms with van der Waals surface area (Å²) in [5, 5.41) is 3.02. The van der Waals surface area contributed by atoms with Crippen LogP contribution >= 0.6 is 0 Å². The lowest BCUT2D eigenvalue weighted by atomic mass is 10.0. The Bertz CT molecular complexity index is 986. The second-order valence-corrected chi connectivity index (χ2v) is 10.4. The molecule has 0 aromatic carbocycles. The van der Waals surface area contributed by atoms with Crippen LogP contribution in [0.3, 0.4) is 0 Å². The lowest BCUT2D eigenvalue weighted by molar-refractivity contribution is -0.699. The number of hydrogen-bond acceptors (Lipinski definition) is 1. The summed E-state index contributed by atoms with van der Waals surface area (Å²) in [6.07, 6.45) is 21.0. The molecule has 0 aliphatic heterocycles. The highest BCUT2D eigenvalue weighted by molar-refractivity contribution is 5.88. The summed E-state index contributed by atoms with van der Waals surface area (Å²) in [6.45, 7) is 13.0. The van der Waals surface area contributed by atoms with E-state index >= 15 is 0 Å². The zero-order valence-electron chi connectivity index (χ0n) is 24.2. The molecule has 1 amide bonds. The van der Waals surface area contributed by atoms with Crippen LogP contribution in [0.25, 0.3) is 0 Å². The molecule has 1 rings (SSSR count). The fourth-order valence-corrected chi connectivity index (χ4v) is 4.02. The first-order chi connectivity index (χ1) is 17.6. The van der Waals surface area contributed by atoms with Crippen molar-refractivity contribution in [1.82, 2.24) is 9.88 Å². The molecule has 0 bridgehead atoms. The number of aromatic nitrogens is 2. The Morgan fingerprint density at radius 1 is 0.973 bits per heavy atom. The van der Waals surface area contributed by atoms with E-state index in [1.165, 1.54) is 22.4 Å². The third-order valence-electron chi connectivity index (χ3n) is 6.22. The van der Waals surface area contributed by atoms with Crippen molar-refractivity contribution < 1.29 is 14.4 Å². The summed E-state index contributed by atoms with van der Waals surface area (Å²) in [7, 11) is 2.03. The topological polar surface area (TPSA) is 104 Å². The molecule has 6 N–H and O–H groups in total. The third kappa shape index (κ3) is 16.3. The fraction of sp³-hybridized carbons (Fsp3) is 0.567. The number of carbonyl (C=O) groups is 1. The molecule has 0 spiro atoms. The zero-order valence-corrected chi connectivity index (χ0v) is 24.2. The Balaban J connectivity index is 2.31. The van der Waals surface area contributed by atoms with Gasteiger partial charge in [0.25, 0.3) is 0 Å². The average Bonchev–Trinajstić information content (AvgIpc) is 3.15. The van der Waals surface area contributed by atoms with Crippen molar-refractivity contribution in [2.24, 2.45) is 18.5 Å². The van der Waals surface area contributed by atoms with Crippen LogP contribution in [0, 0.1) is 0 Å². The summed E-state index contributed by atoms with van der Waals surface area (Å²) in [4.78, 5) is 15.3. The largest absolute Gasteiger partial charge is 0.352 e. The van der Waals surface area contributed by atoms with Crippen LogP contribution in [0.4, 0.5) is 0 Å². The van der Waals surface area contributed by atoms with Crippen LogP contribution in [0.2, 0.25) is 0 Å². The van der Waals surface area contributed by atoms with E-state index < -0.39 is 0 Å². The minimum atomic E-state index is -0.0179. The van der Waals surface area contributed by atoms with Crippen LogP contribution in [-0.4, -0.2) is 29.5 Å². The normalized spacial score (nSPS) is 12.4. The average molecular weight is 513 g/mol. The number of hydrogen-bond donors (Lipinski definition) is 4. The summed E-state index contributed by atoms with van der Waals surface area (Å²) in [5.74, 6) is 0.237. The summed E-state index contributed by atoms with van der Waals surface area (Å²) in [6, 6.07) is 0. The number of nitrogens with one attached hydrogen (secondary N) is 2. The van der Waals surface area contributed by atoms with Gasteiger partial charge >= 0.3 is 5.96 Å². The highest BCUT2D eigenvalue weighted by Gasteiger charge is 2.10. The van der Waals surface area contributed by atoms with E-state index in [-0.39, 0.29) is 11.9 Å². The van der Waals surface area contributed by atoms with Crippen molar-refractivity contribution in [3.8, 4) is 0 Å². The van der Waals surface area contributed by atoms with Crippen LogP contribution in [0.15, 0.2) is 59.1 Å². The van der Waals surface area contributed by atoms with Gasteiger partial charge in [-0.2, -0.15) is 0 Å². The van der Waals surface area contributed by atoms with Crippen molar-refractivity contribution in [3.05, 3.63) is 64.8 Å². The maximum atomic E-state index is 12.3. The Hall–Kier alpha value is -3.09. The molecular weight excluding hydrogens is 460 g/mol. The number of rotatable bonds is 17. The smallest absolute Gasteiger partial charge is 0.338 e. The van der Waals surface area contributed by atoms with E-state index in [2.05, 4.69) is 77.9 Å². The van der Waals surface area contributed by atoms with Gasteiger partial charge in [-0.05, 0) is 73.1 Å².